The molecule has 0 aromatic carbocycles. The monoisotopic (exact) mass is 178 g/mol. The van der Waals surface area contributed by atoms with Crippen molar-refractivity contribution in [2.45, 2.75) is 12.8 Å². The van der Waals surface area contributed by atoms with Crippen molar-refractivity contribution in [3.8, 4) is 0 Å². The van der Waals surface area contributed by atoms with E-state index >= 15 is 0 Å². The zero-order chi connectivity index (χ0) is 6.41. The first-order valence-electron chi connectivity index (χ1n) is 2.32. The van der Waals surface area contributed by atoms with E-state index in [4.69, 9.17) is 0 Å². The molecule has 0 atom stereocenters. The molecule has 0 fully saturated rings. The van der Waals surface area contributed by atoms with E-state index in [0.29, 0.717) is 18.2 Å². The molecule has 3 heteroatoms. The summed E-state index contributed by atoms with van der Waals surface area (Å²) in [6, 6.07) is 0. The largest absolute Gasteiger partial charge is 0.303 e. The SMILES string of the molecule is O=CCCC(=O)CBr. The number of carbonyl (C=O) groups is 2. The molecule has 0 aromatic rings. The van der Waals surface area contributed by atoms with Gasteiger partial charge in [-0.2, -0.15) is 0 Å². The summed E-state index contributed by atoms with van der Waals surface area (Å²) in [7, 11) is 0. The van der Waals surface area contributed by atoms with Gasteiger partial charge >= 0.3 is 0 Å². The molecule has 0 aliphatic rings. The minimum Gasteiger partial charge on any atom is -0.303 e. The zero-order valence-electron chi connectivity index (χ0n) is 4.39. The molecule has 0 rings (SSSR count). The maximum atomic E-state index is 10.4. The van der Waals surface area contributed by atoms with Crippen molar-refractivity contribution < 1.29 is 9.59 Å². The summed E-state index contributed by atoms with van der Waals surface area (Å²) >= 11 is 2.98. The normalized spacial score (nSPS) is 8.62. The van der Waals surface area contributed by atoms with E-state index in [2.05, 4.69) is 15.9 Å². The lowest BCUT2D eigenvalue weighted by Gasteiger charge is -1.85. The molecule has 0 unspecified atom stereocenters. The van der Waals surface area contributed by atoms with Crippen molar-refractivity contribution in [3.63, 3.8) is 0 Å². The van der Waals surface area contributed by atoms with E-state index in [-0.39, 0.29) is 5.78 Å². The number of alkyl halides is 1. The molecule has 0 aliphatic carbocycles. The average molecular weight is 179 g/mol. The van der Waals surface area contributed by atoms with Gasteiger partial charge in [0, 0.05) is 12.8 Å². The molecule has 0 spiro atoms. The number of Topliss-reactive ketones (excluding diaryl/α,β-unsaturated/α-hetero) is 1. The number of carbonyl (C=O) groups excluding carboxylic acids is 2. The molecule has 0 aliphatic heterocycles. The van der Waals surface area contributed by atoms with E-state index in [9.17, 15) is 9.59 Å². The highest BCUT2D eigenvalue weighted by atomic mass is 79.9. The summed E-state index contributed by atoms with van der Waals surface area (Å²) < 4.78 is 0. The molecule has 0 radical (unpaired) electrons. The topological polar surface area (TPSA) is 34.1 Å². The number of hydrogen-bond acceptors (Lipinski definition) is 2. The summed E-state index contributed by atoms with van der Waals surface area (Å²) in [6.07, 6.45) is 1.47. The Morgan fingerprint density at radius 3 is 2.62 bits per heavy atom. The Hall–Kier alpha value is -0.180. The van der Waals surface area contributed by atoms with Crippen LogP contribution in [0.15, 0.2) is 0 Å². The Labute approximate surface area is 56.4 Å². The summed E-state index contributed by atoms with van der Waals surface area (Å²) in [5.41, 5.74) is 0. The van der Waals surface area contributed by atoms with E-state index in [0.717, 1.165) is 6.29 Å². The van der Waals surface area contributed by atoms with Crippen molar-refractivity contribution in [3.05, 3.63) is 0 Å². The lowest BCUT2D eigenvalue weighted by Crippen LogP contribution is -1.97. The van der Waals surface area contributed by atoms with Gasteiger partial charge in [-0.3, -0.25) is 4.79 Å². The third kappa shape index (κ3) is 3.99. The first-order chi connectivity index (χ1) is 3.81. The highest BCUT2D eigenvalue weighted by Gasteiger charge is 1.95. The fourth-order valence-electron chi connectivity index (χ4n) is 0.287. The maximum absolute atomic E-state index is 10.4. The van der Waals surface area contributed by atoms with Crippen molar-refractivity contribution in [2.75, 3.05) is 5.33 Å². The number of halogens is 1. The first kappa shape index (κ1) is 7.82. The van der Waals surface area contributed by atoms with Crippen LogP contribution < -0.4 is 0 Å². The lowest BCUT2D eigenvalue weighted by atomic mass is 10.2. The molecule has 0 heterocycles. The van der Waals surface area contributed by atoms with Gasteiger partial charge in [0.25, 0.3) is 0 Å². The fourth-order valence-corrected chi connectivity index (χ4v) is 0.567. The van der Waals surface area contributed by atoms with Gasteiger partial charge in [-0.05, 0) is 0 Å². The van der Waals surface area contributed by atoms with Gasteiger partial charge in [-0.1, -0.05) is 15.9 Å². The number of aldehydes is 1. The van der Waals surface area contributed by atoms with Gasteiger partial charge in [-0.25, -0.2) is 0 Å². The van der Waals surface area contributed by atoms with Crippen LogP contribution >= 0.6 is 15.9 Å². The second kappa shape index (κ2) is 4.97. The van der Waals surface area contributed by atoms with Gasteiger partial charge in [0.2, 0.25) is 0 Å². The quantitative estimate of drug-likeness (QED) is 0.475. The number of hydrogen-bond donors (Lipinski definition) is 0. The molecular formula is C5H7BrO2. The maximum Gasteiger partial charge on any atom is 0.143 e. The van der Waals surface area contributed by atoms with Crippen LogP contribution in [0, 0.1) is 0 Å². The van der Waals surface area contributed by atoms with Gasteiger partial charge < -0.3 is 4.79 Å². The second-order valence-corrected chi connectivity index (χ2v) is 1.94. The third-order valence-corrected chi connectivity index (χ3v) is 1.32. The van der Waals surface area contributed by atoms with E-state index in [1.54, 1.807) is 0 Å². The predicted octanol–water partition coefficient (Wildman–Crippen LogP) is 0.929. The van der Waals surface area contributed by atoms with Crippen LogP contribution in [0.3, 0.4) is 0 Å². The molecular weight excluding hydrogens is 172 g/mol. The molecule has 46 valence electrons. The Morgan fingerprint density at radius 1 is 1.62 bits per heavy atom. The van der Waals surface area contributed by atoms with E-state index in [1.165, 1.54) is 0 Å². The molecule has 0 saturated heterocycles. The predicted molar refractivity (Wildman–Crippen MR) is 34.1 cm³/mol. The summed E-state index contributed by atoms with van der Waals surface area (Å²) in [5, 5.41) is 0.362. The third-order valence-electron chi connectivity index (χ3n) is 0.690. The molecule has 2 nitrogen and oxygen atoms in total. The van der Waals surface area contributed by atoms with E-state index in [1.807, 2.05) is 0 Å². The van der Waals surface area contributed by atoms with Crippen LogP contribution in [0.4, 0.5) is 0 Å². The standard InChI is InChI=1S/C5H7BrO2/c6-4-5(8)2-1-3-7/h3H,1-2,4H2. The first-order valence-corrected chi connectivity index (χ1v) is 3.44. The molecule has 0 amide bonds. The summed E-state index contributed by atoms with van der Waals surface area (Å²) in [6.45, 7) is 0. The highest BCUT2D eigenvalue weighted by molar-refractivity contribution is 9.09. The Balaban J connectivity index is 3.11. The van der Waals surface area contributed by atoms with Crippen LogP contribution in [-0.4, -0.2) is 17.4 Å². The van der Waals surface area contributed by atoms with Gasteiger partial charge in [-0.15, -0.1) is 0 Å². The number of rotatable bonds is 4. The van der Waals surface area contributed by atoms with Gasteiger partial charge in [0.15, 0.2) is 0 Å². The van der Waals surface area contributed by atoms with Gasteiger partial charge in [0.1, 0.15) is 12.1 Å². The minimum atomic E-state index is 0.0806. The summed E-state index contributed by atoms with van der Waals surface area (Å²) in [5.74, 6) is 0.0806. The zero-order valence-corrected chi connectivity index (χ0v) is 5.98. The highest BCUT2D eigenvalue weighted by Crippen LogP contribution is 1.90. The summed E-state index contributed by atoms with van der Waals surface area (Å²) in [4.78, 5) is 20.0. The van der Waals surface area contributed by atoms with Crippen molar-refractivity contribution in [2.24, 2.45) is 0 Å². The Kier molecular flexibility index (Phi) is 4.85. The second-order valence-electron chi connectivity index (χ2n) is 1.38. The van der Waals surface area contributed by atoms with Crippen molar-refractivity contribution in [1.29, 1.82) is 0 Å². The van der Waals surface area contributed by atoms with Crippen LogP contribution in [0.5, 0.6) is 0 Å². The molecule has 0 bridgehead atoms. The number of ketones is 1. The minimum absolute atomic E-state index is 0.0806. The van der Waals surface area contributed by atoms with Crippen LogP contribution in [0.25, 0.3) is 0 Å². The fraction of sp³-hybridized carbons (Fsp3) is 0.600. The van der Waals surface area contributed by atoms with Crippen molar-refractivity contribution >= 4 is 28.0 Å². The van der Waals surface area contributed by atoms with Crippen LogP contribution in [-0.2, 0) is 9.59 Å². The van der Waals surface area contributed by atoms with Crippen molar-refractivity contribution in [1.82, 2.24) is 0 Å². The lowest BCUT2D eigenvalue weighted by molar-refractivity contribution is -0.118. The van der Waals surface area contributed by atoms with Crippen LogP contribution in [0.2, 0.25) is 0 Å². The average Bonchev–Trinajstić information content (AvgIpc) is 1.83. The Bertz CT molecular complexity index is 90.4. The van der Waals surface area contributed by atoms with Gasteiger partial charge in [0.05, 0.1) is 5.33 Å². The molecule has 0 N–H and O–H groups in total. The molecule has 0 saturated carbocycles. The van der Waals surface area contributed by atoms with Crippen LogP contribution in [0.1, 0.15) is 12.8 Å². The van der Waals surface area contributed by atoms with E-state index < -0.39 is 0 Å². The smallest absolute Gasteiger partial charge is 0.143 e. The molecule has 0 aromatic heterocycles. The molecule has 8 heavy (non-hydrogen) atoms. The Morgan fingerprint density at radius 2 is 2.25 bits per heavy atom.